The number of anilines is 3. The molecule has 0 saturated carbocycles. The highest BCUT2D eigenvalue weighted by Crippen LogP contribution is 2.30. The van der Waals surface area contributed by atoms with E-state index in [4.69, 9.17) is 44.3 Å². The van der Waals surface area contributed by atoms with Gasteiger partial charge in [0.1, 0.15) is 11.6 Å². The van der Waals surface area contributed by atoms with Gasteiger partial charge >= 0.3 is 6.03 Å². The predicted octanol–water partition coefficient (Wildman–Crippen LogP) is 5.94. The van der Waals surface area contributed by atoms with E-state index >= 15 is 0 Å². The van der Waals surface area contributed by atoms with Gasteiger partial charge in [0, 0.05) is 37.0 Å². The van der Waals surface area contributed by atoms with Crippen molar-refractivity contribution in [2.75, 3.05) is 31.0 Å². The number of hydrogen-bond donors (Lipinski definition) is 2. The number of aromatic nitrogens is 2. The van der Waals surface area contributed by atoms with Gasteiger partial charge < -0.3 is 20.1 Å². The third kappa shape index (κ3) is 6.64. The number of benzene rings is 2. The highest BCUT2D eigenvalue weighted by Gasteiger charge is 2.21. The molecular formula is C23H24Cl3N5O3. The number of amides is 2. The highest BCUT2D eigenvalue weighted by molar-refractivity contribution is 6.43. The standard InChI is InChI=1S/C23H24Cl3N5O3/c1-14(13-33-2)29-22-27-9-8-20(30-22)31(17-4-6-18(34-3)7-5-17)23(32)28-12-15-10-16(24)11-19(25)21(15)26/h4-11,14H,12-13H2,1-3H3,(H,28,32)(H,27,29,30). The molecule has 2 N–H and O–H groups in total. The van der Waals surface area contributed by atoms with E-state index in [2.05, 4.69) is 20.6 Å². The van der Waals surface area contributed by atoms with Crippen molar-refractivity contribution in [3.8, 4) is 5.75 Å². The predicted molar refractivity (Wildman–Crippen MR) is 136 cm³/mol. The van der Waals surface area contributed by atoms with Crippen molar-refractivity contribution in [1.82, 2.24) is 15.3 Å². The number of urea groups is 1. The van der Waals surface area contributed by atoms with Crippen molar-refractivity contribution in [3.63, 3.8) is 0 Å². The number of methoxy groups -OCH3 is 2. The zero-order chi connectivity index (χ0) is 24.7. The van der Waals surface area contributed by atoms with Crippen molar-refractivity contribution < 1.29 is 14.3 Å². The molecular weight excluding hydrogens is 501 g/mol. The van der Waals surface area contributed by atoms with Crippen LogP contribution in [-0.4, -0.2) is 42.9 Å². The van der Waals surface area contributed by atoms with E-state index in [1.54, 1.807) is 62.9 Å². The van der Waals surface area contributed by atoms with Crippen molar-refractivity contribution in [2.45, 2.75) is 19.5 Å². The van der Waals surface area contributed by atoms with E-state index in [1.165, 1.54) is 4.90 Å². The Morgan fingerprint density at radius 1 is 1.12 bits per heavy atom. The first-order valence-electron chi connectivity index (χ1n) is 10.3. The lowest BCUT2D eigenvalue weighted by Gasteiger charge is -2.23. The van der Waals surface area contributed by atoms with Gasteiger partial charge in [-0.05, 0) is 48.9 Å². The molecule has 11 heteroatoms. The van der Waals surface area contributed by atoms with Gasteiger partial charge in [0.15, 0.2) is 0 Å². The Labute approximate surface area is 213 Å². The number of nitrogens with zero attached hydrogens (tertiary/aromatic N) is 3. The molecule has 0 fully saturated rings. The van der Waals surface area contributed by atoms with Crippen LogP contribution >= 0.6 is 34.8 Å². The van der Waals surface area contributed by atoms with E-state index in [0.717, 1.165) is 0 Å². The normalized spacial score (nSPS) is 11.6. The number of hydrogen-bond acceptors (Lipinski definition) is 6. The van der Waals surface area contributed by atoms with Crippen molar-refractivity contribution in [2.24, 2.45) is 0 Å². The van der Waals surface area contributed by atoms with Crippen molar-refractivity contribution in [3.05, 3.63) is 69.3 Å². The molecule has 0 bridgehead atoms. The summed E-state index contributed by atoms with van der Waals surface area (Å²) in [5.74, 6) is 1.38. The maximum atomic E-state index is 13.4. The molecule has 3 aromatic rings. The third-order valence-corrected chi connectivity index (χ3v) is 5.75. The Hall–Kier alpha value is -2.78. The highest BCUT2D eigenvalue weighted by atomic mass is 35.5. The van der Waals surface area contributed by atoms with Crippen molar-refractivity contribution in [1.29, 1.82) is 0 Å². The Bertz CT molecular complexity index is 1130. The summed E-state index contributed by atoms with van der Waals surface area (Å²) in [7, 11) is 3.19. The summed E-state index contributed by atoms with van der Waals surface area (Å²) in [6.07, 6.45) is 1.57. The molecule has 1 heterocycles. The Kier molecular flexibility index (Phi) is 9.18. The van der Waals surface area contributed by atoms with Gasteiger partial charge in [0.25, 0.3) is 0 Å². The topological polar surface area (TPSA) is 88.6 Å². The first-order chi connectivity index (χ1) is 16.3. The minimum atomic E-state index is -0.438. The summed E-state index contributed by atoms with van der Waals surface area (Å²) in [5, 5.41) is 7.05. The number of ether oxygens (including phenoxy) is 2. The van der Waals surface area contributed by atoms with E-state index in [-0.39, 0.29) is 12.6 Å². The van der Waals surface area contributed by atoms with E-state index in [0.29, 0.717) is 50.4 Å². The average Bonchev–Trinajstić information content (AvgIpc) is 2.81. The maximum Gasteiger partial charge on any atom is 0.327 e. The van der Waals surface area contributed by atoms with Crippen LogP contribution in [-0.2, 0) is 11.3 Å². The molecule has 0 aliphatic heterocycles. The Balaban J connectivity index is 1.90. The largest absolute Gasteiger partial charge is 0.497 e. The van der Waals surface area contributed by atoms with Gasteiger partial charge in [-0.1, -0.05) is 34.8 Å². The number of carbonyl (C=O) groups excluding carboxylic acids is 1. The smallest absolute Gasteiger partial charge is 0.327 e. The zero-order valence-electron chi connectivity index (χ0n) is 18.8. The number of rotatable bonds is 9. The molecule has 1 unspecified atom stereocenters. The molecule has 1 aromatic heterocycles. The van der Waals surface area contributed by atoms with Crippen LogP contribution in [0.1, 0.15) is 12.5 Å². The zero-order valence-corrected chi connectivity index (χ0v) is 21.1. The van der Waals surface area contributed by atoms with Gasteiger partial charge in [0.05, 0.1) is 29.4 Å². The second-order valence-electron chi connectivity index (χ2n) is 7.29. The third-order valence-electron chi connectivity index (χ3n) is 4.69. The van der Waals surface area contributed by atoms with Gasteiger partial charge in [-0.25, -0.2) is 14.7 Å². The van der Waals surface area contributed by atoms with Crippen LogP contribution in [0.15, 0.2) is 48.7 Å². The molecule has 0 aliphatic carbocycles. The second kappa shape index (κ2) is 12.1. The Morgan fingerprint density at radius 3 is 2.53 bits per heavy atom. The number of carbonyl (C=O) groups is 1. The lowest BCUT2D eigenvalue weighted by Crippen LogP contribution is -2.37. The van der Waals surface area contributed by atoms with Crippen LogP contribution in [0, 0.1) is 0 Å². The van der Waals surface area contributed by atoms with Gasteiger partial charge in [-0.15, -0.1) is 0 Å². The minimum absolute atomic E-state index is 0.0294. The lowest BCUT2D eigenvalue weighted by molar-refractivity contribution is 0.190. The fourth-order valence-electron chi connectivity index (χ4n) is 3.13. The maximum absolute atomic E-state index is 13.4. The monoisotopic (exact) mass is 523 g/mol. The van der Waals surface area contributed by atoms with Crippen LogP contribution in [0.2, 0.25) is 15.1 Å². The summed E-state index contributed by atoms with van der Waals surface area (Å²) in [4.78, 5) is 23.6. The SMILES string of the molecule is COCC(C)Nc1nccc(N(C(=O)NCc2cc(Cl)cc(Cl)c2Cl)c2ccc(OC)cc2)n1. The fourth-order valence-corrected chi connectivity index (χ4v) is 3.84. The molecule has 8 nitrogen and oxygen atoms in total. The first kappa shape index (κ1) is 25.8. The van der Waals surface area contributed by atoms with Gasteiger partial charge in [-0.3, -0.25) is 0 Å². The van der Waals surface area contributed by atoms with Crippen LogP contribution in [0.4, 0.5) is 22.2 Å². The summed E-state index contributed by atoms with van der Waals surface area (Å²) in [6, 6.07) is 11.4. The average molecular weight is 525 g/mol. The summed E-state index contributed by atoms with van der Waals surface area (Å²) >= 11 is 18.5. The van der Waals surface area contributed by atoms with E-state index in [9.17, 15) is 4.79 Å². The molecule has 3 rings (SSSR count). The fraction of sp³-hybridized carbons (Fsp3) is 0.261. The first-order valence-corrected chi connectivity index (χ1v) is 11.4. The molecule has 2 aromatic carbocycles. The molecule has 2 amide bonds. The molecule has 34 heavy (non-hydrogen) atoms. The number of halogens is 3. The molecule has 1 atom stereocenters. The molecule has 0 radical (unpaired) electrons. The van der Waals surface area contributed by atoms with Crippen molar-refractivity contribution >= 4 is 58.3 Å². The van der Waals surface area contributed by atoms with E-state index in [1.807, 2.05) is 6.92 Å². The molecule has 0 spiro atoms. The molecule has 0 saturated heterocycles. The van der Waals surface area contributed by atoms with Crippen LogP contribution in [0.5, 0.6) is 5.75 Å². The van der Waals surface area contributed by atoms with Crippen LogP contribution < -0.4 is 20.3 Å². The molecule has 0 aliphatic rings. The minimum Gasteiger partial charge on any atom is -0.497 e. The van der Waals surface area contributed by atoms with E-state index < -0.39 is 6.03 Å². The summed E-state index contributed by atoms with van der Waals surface area (Å²) in [5.41, 5.74) is 1.16. The summed E-state index contributed by atoms with van der Waals surface area (Å²) < 4.78 is 10.4. The quantitative estimate of drug-likeness (QED) is 0.337. The van der Waals surface area contributed by atoms with Crippen LogP contribution in [0.25, 0.3) is 0 Å². The van der Waals surface area contributed by atoms with Gasteiger partial charge in [-0.2, -0.15) is 4.98 Å². The van der Waals surface area contributed by atoms with Crippen LogP contribution in [0.3, 0.4) is 0 Å². The Morgan fingerprint density at radius 2 is 1.85 bits per heavy atom. The molecule has 180 valence electrons. The van der Waals surface area contributed by atoms with Gasteiger partial charge in [0.2, 0.25) is 5.95 Å². The number of nitrogens with one attached hydrogen (secondary N) is 2. The lowest BCUT2D eigenvalue weighted by atomic mass is 10.2. The second-order valence-corrected chi connectivity index (χ2v) is 8.51. The summed E-state index contributed by atoms with van der Waals surface area (Å²) in [6.45, 7) is 2.51.